The normalized spacial score (nSPS) is 10.5. The molecule has 0 aliphatic rings. The third kappa shape index (κ3) is 5.45. The molecule has 2 N–H and O–H groups in total. The molecule has 0 saturated carbocycles. The fourth-order valence-corrected chi connectivity index (χ4v) is 2.39. The number of aryl methyl sites for hydroxylation is 1. The first-order chi connectivity index (χ1) is 11.2. The number of rotatable bonds is 8. The van der Waals surface area contributed by atoms with Crippen LogP contribution in [0.25, 0.3) is 0 Å². The smallest absolute Gasteiger partial charge is 0.315 e. The van der Waals surface area contributed by atoms with Crippen molar-refractivity contribution in [2.24, 2.45) is 0 Å². The maximum Gasteiger partial charge on any atom is 0.315 e. The zero-order chi connectivity index (χ0) is 16.5. The quantitative estimate of drug-likeness (QED) is 0.736. The lowest BCUT2D eigenvalue weighted by Gasteiger charge is -2.12. The van der Waals surface area contributed by atoms with E-state index in [1.807, 2.05) is 24.4 Å². The fraction of sp³-hybridized carbons (Fsp3) is 0.389. The van der Waals surface area contributed by atoms with Crippen LogP contribution in [0, 0.1) is 6.92 Å². The van der Waals surface area contributed by atoms with Gasteiger partial charge in [-0.1, -0.05) is 24.3 Å². The molecule has 1 heterocycles. The second-order valence-electron chi connectivity index (χ2n) is 5.51. The molecule has 23 heavy (non-hydrogen) atoms. The van der Waals surface area contributed by atoms with Gasteiger partial charge in [-0.3, -0.25) is 0 Å². The van der Waals surface area contributed by atoms with Gasteiger partial charge in [-0.15, -0.1) is 0 Å². The number of hydrogen-bond donors (Lipinski definition) is 2. The first-order valence-electron chi connectivity index (χ1n) is 7.90. The van der Waals surface area contributed by atoms with Crippen LogP contribution in [-0.4, -0.2) is 30.9 Å². The Morgan fingerprint density at radius 2 is 2.00 bits per heavy atom. The Kier molecular flexibility index (Phi) is 6.69. The monoisotopic (exact) mass is 315 g/mol. The second-order valence-corrected chi connectivity index (χ2v) is 5.51. The van der Waals surface area contributed by atoms with E-state index < -0.39 is 0 Å². The highest BCUT2D eigenvalue weighted by Crippen LogP contribution is 2.11. The molecule has 0 bridgehead atoms. The number of benzene rings is 1. The minimum atomic E-state index is -0.148. The minimum absolute atomic E-state index is 0.148. The molecular formula is C18H25N3O2. The molecule has 0 saturated heterocycles. The number of carbonyl (C=O) groups excluding carboxylic acids is 1. The van der Waals surface area contributed by atoms with Crippen molar-refractivity contribution in [1.82, 2.24) is 15.2 Å². The lowest BCUT2D eigenvalue weighted by molar-refractivity contribution is 0.193. The molecule has 5 heteroatoms. The van der Waals surface area contributed by atoms with Crippen LogP contribution in [0.2, 0.25) is 0 Å². The van der Waals surface area contributed by atoms with Crippen molar-refractivity contribution in [3.8, 4) is 0 Å². The largest absolute Gasteiger partial charge is 0.385 e. The van der Waals surface area contributed by atoms with Crippen molar-refractivity contribution >= 4 is 6.03 Å². The van der Waals surface area contributed by atoms with E-state index >= 15 is 0 Å². The van der Waals surface area contributed by atoms with Crippen LogP contribution in [0.5, 0.6) is 0 Å². The molecule has 1 aromatic heterocycles. The predicted molar refractivity (Wildman–Crippen MR) is 91.4 cm³/mol. The van der Waals surface area contributed by atoms with Crippen LogP contribution in [0.15, 0.2) is 42.6 Å². The number of nitrogens with zero attached hydrogens (tertiary/aromatic N) is 1. The van der Waals surface area contributed by atoms with Crippen molar-refractivity contribution in [3.63, 3.8) is 0 Å². The Hall–Kier alpha value is -2.27. The van der Waals surface area contributed by atoms with E-state index in [4.69, 9.17) is 4.74 Å². The number of amides is 2. The average molecular weight is 315 g/mol. The molecule has 0 aliphatic carbocycles. The maximum absolute atomic E-state index is 11.8. The van der Waals surface area contributed by atoms with Crippen molar-refractivity contribution in [1.29, 1.82) is 0 Å². The van der Waals surface area contributed by atoms with Crippen LogP contribution < -0.4 is 10.6 Å². The predicted octanol–water partition coefficient (Wildman–Crippen LogP) is 2.68. The molecule has 2 amide bonds. The van der Waals surface area contributed by atoms with Crippen molar-refractivity contribution in [2.45, 2.75) is 26.4 Å². The number of nitrogens with one attached hydrogen (secondary N) is 2. The highest BCUT2D eigenvalue weighted by Gasteiger charge is 2.05. The summed E-state index contributed by atoms with van der Waals surface area (Å²) in [7, 11) is 1.66. The van der Waals surface area contributed by atoms with Crippen LogP contribution in [0.1, 0.15) is 23.2 Å². The summed E-state index contributed by atoms with van der Waals surface area (Å²) in [5, 5.41) is 5.71. The van der Waals surface area contributed by atoms with E-state index in [0.717, 1.165) is 18.7 Å². The molecule has 1 aromatic carbocycles. The van der Waals surface area contributed by atoms with Gasteiger partial charge in [0.1, 0.15) is 0 Å². The summed E-state index contributed by atoms with van der Waals surface area (Å²) in [5.41, 5.74) is 3.64. The van der Waals surface area contributed by atoms with Gasteiger partial charge in [0.2, 0.25) is 0 Å². The van der Waals surface area contributed by atoms with Gasteiger partial charge in [0.25, 0.3) is 0 Å². The Morgan fingerprint density at radius 3 is 2.78 bits per heavy atom. The van der Waals surface area contributed by atoms with E-state index in [0.29, 0.717) is 19.7 Å². The number of hydrogen-bond acceptors (Lipinski definition) is 2. The van der Waals surface area contributed by atoms with Crippen LogP contribution in [0.3, 0.4) is 0 Å². The summed E-state index contributed by atoms with van der Waals surface area (Å²) < 4.78 is 7.11. The zero-order valence-electron chi connectivity index (χ0n) is 13.8. The average Bonchev–Trinajstić information content (AvgIpc) is 2.99. The Morgan fingerprint density at radius 1 is 1.17 bits per heavy atom. The summed E-state index contributed by atoms with van der Waals surface area (Å²) >= 11 is 0. The molecule has 0 aliphatic heterocycles. The molecule has 2 aromatic rings. The SMILES string of the molecule is COCCCNC(=O)NCc1cccn1Cc1ccccc1C. The summed E-state index contributed by atoms with van der Waals surface area (Å²) in [6.45, 7) is 4.70. The molecule has 0 spiro atoms. The van der Waals surface area contributed by atoms with E-state index in [-0.39, 0.29) is 6.03 Å². The first kappa shape index (κ1) is 17.1. The third-order valence-corrected chi connectivity index (χ3v) is 3.77. The summed E-state index contributed by atoms with van der Waals surface area (Å²) in [5.74, 6) is 0. The second kappa shape index (κ2) is 9.00. The van der Waals surface area contributed by atoms with E-state index in [1.165, 1.54) is 11.1 Å². The molecule has 2 rings (SSSR count). The van der Waals surface area contributed by atoms with Crippen LogP contribution in [0.4, 0.5) is 4.79 Å². The fourth-order valence-electron chi connectivity index (χ4n) is 2.39. The molecule has 124 valence electrons. The maximum atomic E-state index is 11.8. The van der Waals surface area contributed by atoms with Gasteiger partial charge >= 0.3 is 6.03 Å². The standard InChI is InChI=1S/C18H25N3O2/c1-15-7-3-4-8-16(15)14-21-11-5-9-17(21)13-20-18(22)19-10-6-12-23-2/h3-5,7-9,11H,6,10,12-14H2,1-2H3,(H2,19,20,22). The third-order valence-electron chi connectivity index (χ3n) is 3.77. The Bertz CT molecular complexity index is 622. The number of aromatic nitrogens is 1. The van der Waals surface area contributed by atoms with E-state index in [2.05, 4.69) is 40.3 Å². The lowest BCUT2D eigenvalue weighted by Crippen LogP contribution is -2.36. The van der Waals surface area contributed by atoms with E-state index in [1.54, 1.807) is 7.11 Å². The number of methoxy groups -OCH3 is 1. The van der Waals surface area contributed by atoms with Crippen molar-refractivity contribution in [2.75, 3.05) is 20.3 Å². The molecule has 0 fully saturated rings. The molecular weight excluding hydrogens is 290 g/mol. The van der Waals surface area contributed by atoms with Crippen LogP contribution >= 0.6 is 0 Å². The molecule has 0 radical (unpaired) electrons. The first-order valence-corrected chi connectivity index (χ1v) is 7.90. The molecule has 5 nitrogen and oxygen atoms in total. The molecule has 0 unspecified atom stereocenters. The lowest BCUT2D eigenvalue weighted by atomic mass is 10.1. The number of urea groups is 1. The van der Waals surface area contributed by atoms with Gasteiger partial charge in [-0.25, -0.2) is 4.79 Å². The van der Waals surface area contributed by atoms with E-state index in [9.17, 15) is 4.79 Å². The minimum Gasteiger partial charge on any atom is -0.385 e. The Balaban J connectivity index is 1.84. The van der Waals surface area contributed by atoms with Gasteiger partial charge in [-0.2, -0.15) is 0 Å². The zero-order valence-corrected chi connectivity index (χ0v) is 13.8. The van der Waals surface area contributed by atoms with Gasteiger partial charge in [0.15, 0.2) is 0 Å². The van der Waals surface area contributed by atoms with Crippen molar-refractivity contribution < 1.29 is 9.53 Å². The number of carbonyl (C=O) groups is 1. The Labute approximate surface area is 137 Å². The van der Waals surface area contributed by atoms with Gasteiger partial charge in [0.05, 0.1) is 6.54 Å². The van der Waals surface area contributed by atoms with Crippen molar-refractivity contribution in [3.05, 3.63) is 59.4 Å². The summed E-state index contributed by atoms with van der Waals surface area (Å²) in [6, 6.07) is 12.2. The highest BCUT2D eigenvalue weighted by atomic mass is 16.5. The van der Waals surface area contributed by atoms with Crippen LogP contribution in [-0.2, 0) is 17.8 Å². The van der Waals surface area contributed by atoms with Gasteiger partial charge < -0.3 is 19.9 Å². The summed E-state index contributed by atoms with van der Waals surface area (Å²) in [4.78, 5) is 11.8. The topological polar surface area (TPSA) is 55.3 Å². The van der Waals surface area contributed by atoms with Gasteiger partial charge in [0, 0.05) is 38.7 Å². The summed E-state index contributed by atoms with van der Waals surface area (Å²) in [6.07, 6.45) is 2.85. The number of ether oxygens (including phenoxy) is 1. The highest BCUT2D eigenvalue weighted by molar-refractivity contribution is 5.73. The molecule has 0 atom stereocenters. The van der Waals surface area contributed by atoms with Gasteiger partial charge in [-0.05, 0) is 36.6 Å².